The molecule has 2 unspecified atom stereocenters. The SMILES string of the molecule is COc1cccc(CN(C(=O)C2CC2)C2CC(C(=O)N3CCCNCC3)N(C(=O)c3cccc(OC)c3)C2)c1. The number of hydrogen-bond acceptors (Lipinski definition) is 6. The molecule has 9 nitrogen and oxygen atoms in total. The van der Waals surface area contributed by atoms with Crippen LogP contribution >= 0.6 is 0 Å². The summed E-state index contributed by atoms with van der Waals surface area (Å²) in [6, 6.07) is 13.8. The first-order valence-electron chi connectivity index (χ1n) is 13.9. The minimum atomic E-state index is -0.633. The third-order valence-electron chi connectivity index (χ3n) is 7.93. The minimum Gasteiger partial charge on any atom is -0.497 e. The monoisotopic (exact) mass is 534 g/mol. The van der Waals surface area contributed by atoms with Gasteiger partial charge in [0, 0.05) is 44.2 Å². The van der Waals surface area contributed by atoms with E-state index in [2.05, 4.69) is 5.32 Å². The number of nitrogens with zero attached hydrogens (tertiary/aromatic N) is 3. The Hall–Kier alpha value is -3.59. The van der Waals surface area contributed by atoms with Crippen molar-refractivity contribution in [2.75, 3.05) is 46.9 Å². The number of amides is 3. The summed E-state index contributed by atoms with van der Waals surface area (Å²) in [5.74, 6) is 1.17. The Labute approximate surface area is 230 Å². The third kappa shape index (κ3) is 6.19. The highest BCUT2D eigenvalue weighted by atomic mass is 16.5. The van der Waals surface area contributed by atoms with Crippen LogP contribution in [-0.4, -0.2) is 91.4 Å². The summed E-state index contributed by atoms with van der Waals surface area (Å²) >= 11 is 0. The van der Waals surface area contributed by atoms with Gasteiger partial charge < -0.3 is 29.5 Å². The molecule has 2 aliphatic heterocycles. The summed E-state index contributed by atoms with van der Waals surface area (Å²) in [5, 5.41) is 3.34. The smallest absolute Gasteiger partial charge is 0.254 e. The maximum atomic E-state index is 13.9. The fourth-order valence-corrected chi connectivity index (χ4v) is 5.62. The molecule has 1 N–H and O–H groups in total. The number of ether oxygens (including phenoxy) is 2. The molecule has 2 aromatic carbocycles. The zero-order chi connectivity index (χ0) is 27.4. The highest BCUT2D eigenvalue weighted by Crippen LogP contribution is 2.35. The quantitative estimate of drug-likeness (QED) is 0.560. The molecule has 3 fully saturated rings. The summed E-state index contributed by atoms with van der Waals surface area (Å²) in [6.45, 7) is 3.58. The van der Waals surface area contributed by atoms with Gasteiger partial charge in [-0.1, -0.05) is 18.2 Å². The van der Waals surface area contributed by atoms with Crippen LogP contribution in [0.25, 0.3) is 0 Å². The largest absolute Gasteiger partial charge is 0.497 e. The number of carbonyl (C=O) groups is 3. The van der Waals surface area contributed by atoms with E-state index in [-0.39, 0.29) is 29.7 Å². The van der Waals surface area contributed by atoms with Crippen molar-refractivity contribution in [1.29, 1.82) is 0 Å². The number of carbonyl (C=O) groups excluding carboxylic acids is 3. The van der Waals surface area contributed by atoms with Crippen molar-refractivity contribution in [3.05, 3.63) is 59.7 Å². The number of rotatable bonds is 8. The molecule has 2 aromatic rings. The maximum Gasteiger partial charge on any atom is 0.254 e. The van der Waals surface area contributed by atoms with E-state index in [1.807, 2.05) is 34.1 Å². The van der Waals surface area contributed by atoms with Gasteiger partial charge in [-0.05, 0) is 68.1 Å². The second-order valence-electron chi connectivity index (χ2n) is 10.6. The second kappa shape index (κ2) is 12.1. The molecule has 3 amide bonds. The molecule has 2 atom stereocenters. The van der Waals surface area contributed by atoms with Gasteiger partial charge >= 0.3 is 0 Å². The van der Waals surface area contributed by atoms with Crippen molar-refractivity contribution in [1.82, 2.24) is 20.0 Å². The van der Waals surface area contributed by atoms with Gasteiger partial charge in [0.25, 0.3) is 5.91 Å². The molecule has 0 radical (unpaired) electrons. The van der Waals surface area contributed by atoms with Gasteiger partial charge in [0.05, 0.1) is 20.3 Å². The van der Waals surface area contributed by atoms with Crippen LogP contribution in [-0.2, 0) is 16.1 Å². The third-order valence-corrected chi connectivity index (χ3v) is 7.93. The predicted octanol–water partition coefficient (Wildman–Crippen LogP) is 2.55. The molecule has 1 aliphatic carbocycles. The van der Waals surface area contributed by atoms with Crippen molar-refractivity contribution in [2.24, 2.45) is 5.92 Å². The summed E-state index contributed by atoms with van der Waals surface area (Å²) < 4.78 is 10.7. The number of nitrogens with one attached hydrogen (secondary N) is 1. The first-order chi connectivity index (χ1) is 19.0. The number of hydrogen-bond donors (Lipinski definition) is 1. The second-order valence-corrected chi connectivity index (χ2v) is 10.6. The molecular weight excluding hydrogens is 496 g/mol. The molecule has 0 spiro atoms. The molecule has 5 rings (SSSR count). The highest BCUT2D eigenvalue weighted by molar-refractivity contribution is 5.98. The van der Waals surface area contributed by atoms with Gasteiger partial charge in [-0.25, -0.2) is 0 Å². The summed E-state index contributed by atoms with van der Waals surface area (Å²) in [7, 11) is 3.19. The van der Waals surface area contributed by atoms with Gasteiger partial charge in [-0.15, -0.1) is 0 Å². The number of likely N-dealkylation sites (tertiary alicyclic amines) is 1. The molecule has 208 valence electrons. The first-order valence-corrected chi connectivity index (χ1v) is 13.9. The van der Waals surface area contributed by atoms with Crippen LogP contribution in [0.15, 0.2) is 48.5 Å². The molecular formula is C30H38N4O5. The zero-order valence-corrected chi connectivity index (χ0v) is 22.8. The van der Waals surface area contributed by atoms with Gasteiger partial charge in [0.2, 0.25) is 11.8 Å². The van der Waals surface area contributed by atoms with Crippen LogP contribution in [0.3, 0.4) is 0 Å². The lowest BCUT2D eigenvalue weighted by Gasteiger charge is -2.30. The summed E-state index contributed by atoms with van der Waals surface area (Å²) in [6.07, 6.45) is 3.06. The van der Waals surface area contributed by atoms with E-state index in [9.17, 15) is 14.4 Å². The van der Waals surface area contributed by atoms with Crippen molar-refractivity contribution >= 4 is 17.7 Å². The van der Waals surface area contributed by atoms with Gasteiger partial charge in [-0.2, -0.15) is 0 Å². The van der Waals surface area contributed by atoms with Crippen molar-refractivity contribution in [3.8, 4) is 11.5 Å². The fraction of sp³-hybridized carbons (Fsp3) is 0.500. The predicted molar refractivity (Wildman–Crippen MR) is 147 cm³/mol. The van der Waals surface area contributed by atoms with E-state index >= 15 is 0 Å². The van der Waals surface area contributed by atoms with Crippen LogP contribution in [0.2, 0.25) is 0 Å². The van der Waals surface area contributed by atoms with E-state index in [0.29, 0.717) is 43.9 Å². The van der Waals surface area contributed by atoms with Gasteiger partial charge in [0.15, 0.2) is 0 Å². The van der Waals surface area contributed by atoms with Crippen LogP contribution in [0, 0.1) is 5.92 Å². The molecule has 39 heavy (non-hydrogen) atoms. The van der Waals surface area contributed by atoms with Crippen molar-refractivity contribution in [3.63, 3.8) is 0 Å². The van der Waals surface area contributed by atoms with E-state index in [4.69, 9.17) is 9.47 Å². The lowest BCUT2D eigenvalue weighted by molar-refractivity contribution is -0.137. The Morgan fingerprint density at radius 2 is 1.72 bits per heavy atom. The van der Waals surface area contributed by atoms with Gasteiger partial charge in [-0.3, -0.25) is 14.4 Å². The minimum absolute atomic E-state index is 0.0181. The molecule has 9 heteroatoms. The normalized spacial score (nSPS) is 21.3. The topological polar surface area (TPSA) is 91.4 Å². The summed E-state index contributed by atoms with van der Waals surface area (Å²) in [4.78, 5) is 46.8. The van der Waals surface area contributed by atoms with Crippen LogP contribution in [0.5, 0.6) is 11.5 Å². The highest BCUT2D eigenvalue weighted by Gasteiger charge is 2.46. The number of methoxy groups -OCH3 is 2. The Balaban J connectivity index is 1.45. The Bertz CT molecular complexity index is 1190. The first kappa shape index (κ1) is 27.0. The van der Waals surface area contributed by atoms with E-state index in [0.717, 1.165) is 43.7 Å². The lowest BCUT2D eigenvalue weighted by Crippen LogP contribution is -2.48. The molecule has 2 heterocycles. The number of benzene rings is 2. The average molecular weight is 535 g/mol. The van der Waals surface area contributed by atoms with E-state index < -0.39 is 6.04 Å². The molecule has 0 aromatic heterocycles. The van der Waals surface area contributed by atoms with Crippen LogP contribution in [0.4, 0.5) is 0 Å². The molecule has 3 aliphatic rings. The average Bonchev–Trinajstić information content (AvgIpc) is 3.78. The molecule has 2 saturated heterocycles. The van der Waals surface area contributed by atoms with E-state index in [1.165, 1.54) is 0 Å². The lowest BCUT2D eigenvalue weighted by atomic mass is 10.1. The van der Waals surface area contributed by atoms with Crippen molar-refractivity contribution < 1.29 is 23.9 Å². The van der Waals surface area contributed by atoms with Gasteiger partial charge in [0.1, 0.15) is 17.5 Å². The van der Waals surface area contributed by atoms with E-state index in [1.54, 1.807) is 43.4 Å². The van der Waals surface area contributed by atoms with Crippen molar-refractivity contribution in [2.45, 2.75) is 44.3 Å². The fourth-order valence-electron chi connectivity index (χ4n) is 5.62. The Morgan fingerprint density at radius 1 is 0.974 bits per heavy atom. The Kier molecular flexibility index (Phi) is 8.35. The Morgan fingerprint density at radius 3 is 2.46 bits per heavy atom. The standard InChI is InChI=1S/C30H38N4O5/c1-38-25-8-3-6-21(16-25)19-33(28(35)22-10-11-22)24-18-27(30(37)32-14-5-12-31-13-15-32)34(20-24)29(36)23-7-4-9-26(17-23)39-2/h3-4,6-9,16-17,22,24,27,31H,5,10-15,18-20H2,1-2H3. The summed E-state index contributed by atoms with van der Waals surface area (Å²) in [5.41, 5.74) is 1.43. The van der Waals surface area contributed by atoms with Crippen LogP contribution < -0.4 is 14.8 Å². The molecule has 0 bridgehead atoms. The maximum absolute atomic E-state index is 13.9. The van der Waals surface area contributed by atoms with Crippen LogP contribution in [0.1, 0.15) is 41.6 Å². The zero-order valence-electron chi connectivity index (χ0n) is 22.8. The molecule has 1 saturated carbocycles.